The van der Waals surface area contributed by atoms with Gasteiger partial charge in [0.05, 0.1) is 12.6 Å². The molecule has 1 aliphatic heterocycles. The van der Waals surface area contributed by atoms with Crippen molar-refractivity contribution < 1.29 is 25.2 Å². The fourth-order valence-electron chi connectivity index (χ4n) is 2.15. The molecular weight excluding hydrogens is 250 g/mol. The normalized spacial score (nSPS) is 35.3. The fraction of sp³-hybridized carbons (Fsp3) is 0.538. The zero-order valence-corrected chi connectivity index (χ0v) is 10.4. The van der Waals surface area contributed by atoms with Gasteiger partial charge in [-0.1, -0.05) is 30.3 Å². The first-order valence-corrected chi connectivity index (χ1v) is 6.21. The lowest BCUT2D eigenvalue weighted by molar-refractivity contribution is -0.254. The van der Waals surface area contributed by atoms with Crippen LogP contribution in [-0.4, -0.2) is 57.7 Å². The van der Waals surface area contributed by atoms with Crippen LogP contribution in [0.4, 0.5) is 0 Å². The summed E-state index contributed by atoms with van der Waals surface area (Å²) in [5.41, 5.74) is 0.987. The van der Waals surface area contributed by atoms with Crippen molar-refractivity contribution in [3.63, 3.8) is 0 Å². The third-order valence-corrected chi connectivity index (χ3v) is 3.28. The van der Waals surface area contributed by atoms with Gasteiger partial charge in [0.1, 0.15) is 18.3 Å². The summed E-state index contributed by atoms with van der Waals surface area (Å²) >= 11 is 0. The van der Waals surface area contributed by atoms with Crippen LogP contribution in [0.5, 0.6) is 0 Å². The molecule has 1 aromatic rings. The van der Waals surface area contributed by atoms with E-state index >= 15 is 0 Å². The maximum Gasteiger partial charge on any atom is 0.173 e. The Morgan fingerprint density at radius 2 is 1.74 bits per heavy atom. The molecule has 0 spiro atoms. The predicted octanol–water partition coefficient (Wildman–Crippen LogP) is -1.42. The average Bonchev–Trinajstić information content (AvgIpc) is 2.44. The van der Waals surface area contributed by atoms with Crippen molar-refractivity contribution in [1.82, 2.24) is 5.32 Å². The maximum absolute atomic E-state index is 9.92. The molecule has 0 unspecified atom stereocenters. The van der Waals surface area contributed by atoms with E-state index in [2.05, 4.69) is 5.32 Å². The molecule has 1 aliphatic rings. The molecule has 1 heterocycles. The van der Waals surface area contributed by atoms with Crippen LogP contribution in [-0.2, 0) is 11.3 Å². The van der Waals surface area contributed by atoms with Crippen LogP contribution in [0.1, 0.15) is 5.56 Å². The second-order valence-corrected chi connectivity index (χ2v) is 4.62. The summed E-state index contributed by atoms with van der Waals surface area (Å²) in [5.74, 6) is 0. The van der Waals surface area contributed by atoms with Gasteiger partial charge in [0.25, 0.3) is 0 Å². The van der Waals surface area contributed by atoms with Crippen molar-refractivity contribution in [3.8, 4) is 0 Å². The van der Waals surface area contributed by atoms with Gasteiger partial charge in [-0.15, -0.1) is 0 Å². The van der Waals surface area contributed by atoms with E-state index in [1.807, 2.05) is 30.3 Å². The number of hydrogen-bond acceptors (Lipinski definition) is 6. The summed E-state index contributed by atoms with van der Waals surface area (Å²) in [6.45, 7) is -0.0276. The molecule has 0 aromatic heterocycles. The van der Waals surface area contributed by atoms with Gasteiger partial charge in [-0.3, -0.25) is 0 Å². The lowest BCUT2D eigenvalue weighted by Crippen LogP contribution is -2.63. The van der Waals surface area contributed by atoms with Gasteiger partial charge in [-0.05, 0) is 5.56 Å². The van der Waals surface area contributed by atoms with Gasteiger partial charge in [-0.2, -0.15) is 0 Å². The van der Waals surface area contributed by atoms with Crippen molar-refractivity contribution in [2.24, 2.45) is 0 Å². The third-order valence-electron chi connectivity index (χ3n) is 3.28. The van der Waals surface area contributed by atoms with Crippen molar-refractivity contribution in [2.45, 2.75) is 37.2 Å². The Morgan fingerprint density at radius 1 is 1.05 bits per heavy atom. The Kier molecular flexibility index (Phi) is 4.87. The standard InChI is InChI=1S/C13H19NO5/c15-7-9-11(16)12(17)10(13(18)19-9)14-6-8-4-2-1-3-5-8/h1-5,9-18H,6-7H2/t9-,10+,11-,12-,13+/m1/s1. The summed E-state index contributed by atoms with van der Waals surface area (Å²) in [5, 5.41) is 41.3. The van der Waals surface area contributed by atoms with Gasteiger partial charge in [0.15, 0.2) is 6.29 Å². The Morgan fingerprint density at radius 3 is 2.37 bits per heavy atom. The van der Waals surface area contributed by atoms with E-state index in [0.717, 1.165) is 5.56 Å². The van der Waals surface area contributed by atoms with Crippen LogP contribution in [0.2, 0.25) is 0 Å². The molecule has 6 heteroatoms. The summed E-state index contributed by atoms with van der Waals surface area (Å²) < 4.78 is 5.05. The van der Waals surface area contributed by atoms with Crippen LogP contribution in [0, 0.1) is 0 Å². The smallest absolute Gasteiger partial charge is 0.173 e. The fourth-order valence-corrected chi connectivity index (χ4v) is 2.15. The molecule has 5 N–H and O–H groups in total. The molecule has 0 amide bonds. The van der Waals surface area contributed by atoms with Crippen LogP contribution in [0.3, 0.4) is 0 Å². The van der Waals surface area contributed by atoms with E-state index in [9.17, 15) is 15.3 Å². The van der Waals surface area contributed by atoms with Crippen molar-refractivity contribution in [1.29, 1.82) is 0 Å². The van der Waals surface area contributed by atoms with E-state index in [1.54, 1.807) is 0 Å². The Labute approximate surface area is 111 Å². The molecular formula is C13H19NO5. The molecule has 106 valence electrons. The Hall–Kier alpha value is -1.02. The van der Waals surface area contributed by atoms with Gasteiger partial charge < -0.3 is 30.5 Å². The van der Waals surface area contributed by atoms with Crippen molar-refractivity contribution >= 4 is 0 Å². The highest BCUT2D eigenvalue weighted by molar-refractivity contribution is 5.14. The second-order valence-electron chi connectivity index (χ2n) is 4.62. The maximum atomic E-state index is 9.92. The highest BCUT2D eigenvalue weighted by Gasteiger charge is 2.43. The monoisotopic (exact) mass is 269 g/mol. The minimum atomic E-state index is -1.28. The summed E-state index contributed by atoms with van der Waals surface area (Å²) in [6, 6.07) is 8.67. The van der Waals surface area contributed by atoms with E-state index in [-0.39, 0.29) is 0 Å². The van der Waals surface area contributed by atoms with E-state index in [1.165, 1.54) is 0 Å². The zero-order chi connectivity index (χ0) is 13.8. The van der Waals surface area contributed by atoms with Crippen molar-refractivity contribution in [2.75, 3.05) is 6.61 Å². The molecule has 1 saturated heterocycles. The topological polar surface area (TPSA) is 102 Å². The molecule has 0 bridgehead atoms. The number of benzene rings is 1. The number of aliphatic hydroxyl groups is 4. The molecule has 0 saturated carbocycles. The first-order chi connectivity index (χ1) is 9.13. The highest BCUT2D eigenvalue weighted by atomic mass is 16.6. The van der Waals surface area contributed by atoms with Gasteiger partial charge >= 0.3 is 0 Å². The molecule has 2 rings (SSSR count). The summed E-state index contributed by atoms with van der Waals surface area (Å²) in [6.07, 6.45) is -4.69. The van der Waals surface area contributed by atoms with Gasteiger partial charge in [-0.25, -0.2) is 0 Å². The predicted molar refractivity (Wildman–Crippen MR) is 67.0 cm³/mol. The molecule has 6 nitrogen and oxygen atoms in total. The van der Waals surface area contributed by atoms with E-state index in [0.29, 0.717) is 6.54 Å². The van der Waals surface area contributed by atoms with Crippen LogP contribution in [0.15, 0.2) is 30.3 Å². The lowest BCUT2D eigenvalue weighted by Gasteiger charge is -2.40. The minimum absolute atomic E-state index is 0.430. The molecule has 0 aliphatic carbocycles. The molecule has 0 radical (unpaired) electrons. The molecule has 5 atom stereocenters. The van der Waals surface area contributed by atoms with Crippen LogP contribution < -0.4 is 5.32 Å². The number of aliphatic hydroxyl groups excluding tert-OH is 4. The number of nitrogens with one attached hydrogen (secondary N) is 1. The lowest BCUT2D eigenvalue weighted by atomic mass is 9.97. The summed E-state index contributed by atoms with van der Waals surface area (Å²) in [7, 11) is 0. The SMILES string of the molecule is OC[C@H]1O[C@H](O)[C@@H](NCc2ccccc2)[C@@H](O)[C@@H]1O. The Balaban J connectivity index is 1.96. The van der Waals surface area contributed by atoms with Crippen molar-refractivity contribution in [3.05, 3.63) is 35.9 Å². The summed E-state index contributed by atoms with van der Waals surface area (Å²) in [4.78, 5) is 0. The molecule has 19 heavy (non-hydrogen) atoms. The number of ether oxygens (including phenoxy) is 1. The van der Waals surface area contributed by atoms with Crippen LogP contribution in [0.25, 0.3) is 0 Å². The first-order valence-electron chi connectivity index (χ1n) is 6.21. The van der Waals surface area contributed by atoms with E-state index in [4.69, 9.17) is 9.84 Å². The van der Waals surface area contributed by atoms with Crippen LogP contribution >= 0.6 is 0 Å². The largest absolute Gasteiger partial charge is 0.394 e. The average molecular weight is 269 g/mol. The van der Waals surface area contributed by atoms with E-state index < -0.39 is 37.3 Å². The van der Waals surface area contributed by atoms with Gasteiger partial charge in [0, 0.05) is 6.54 Å². The highest BCUT2D eigenvalue weighted by Crippen LogP contribution is 2.20. The second kappa shape index (κ2) is 6.42. The Bertz CT molecular complexity index is 388. The molecule has 1 aromatic carbocycles. The zero-order valence-electron chi connectivity index (χ0n) is 10.4. The minimum Gasteiger partial charge on any atom is -0.394 e. The molecule has 1 fully saturated rings. The van der Waals surface area contributed by atoms with Gasteiger partial charge in [0.2, 0.25) is 0 Å². The first kappa shape index (κ1) is 14.4. The number of rotatable bonds is 4. The quantitative estimate of drug-likeness (QED) is 0.459. The third kappa shape index (κ3) is 3.30. The number of hydrogen-bond donors (Lipinski definition) is 5.